The zero-order chi connectivity index (χ0) is 16.4. The number of fused-ring (bicyclic) bond motifs is 1. The first kappa shape index (κ1) is 16.0. The van der Waals surface area contributed by atoms with Crippen LogP contribution in [0.5, 0.6) is 5.75 Å². The van der Waals surface area contributed by atoms with Crippen LogP contribution in [0.25, 0.3) is 10.9 Å². The van der Waals surface area contributed by atoms with E-state index in [4.69, 9.17) is 0 Å². The van der Waals surface area contributed by atoms with Gasteiger partial charge in [-0.25, -0.2) is 0 Å². The predicted octanol–water partition coefficient (Wildman–Crippen LogP) is 3.26. The van der Waals surface area contributed by atoms with E-state index >= 15 is 0 Å². The fraction of sp³-hybridized carbons (Fsp3) is 0.421. The molecule has 3 atom stereocenters. The van der Waals surface area contributed by atoms with Gasteiger partial charge >= 0.3 is 0 Å². The van der Waals surface area contributed by atoms with Gasteiger partial charge in [0, 0.05) is 17.6 Å². The average Bonchev–Trinajstić information content (AvgIpc) is 2.60. The fourth-order valence-electron chi connectivity index (χ4n) is 3.63. The number of aromatic hydroxyl groups is 1. The number of hydrogen-bond donors (Lipinski definition) is 2. The third kappa shape index (κ3) is 3.09. The molecule has 0 aliphatic carbocycles. The number of nitrogens with zero attached hydrogens (tertiary/aromatic N) is 2. The molecule has 3 rings (SSSR count). The summed E-state index contributed by atoms with van der Waals surface area (Å²) in [6.45, 7) is 7.94. The van der Waals surface area contributed by atoms with Crippen molar-refractivity contribution in [2.24, 2.45) is 5.92 Å². The Morgan fingerprint density at radius 1 is 1.43 bits per heavy atom. The van der Waals surface area contributed by atoms with Crippen molar-refractivity contribution in [2.45, 2.75) is 31.9 Å². The Morgan fingerprint density at radius 2 is 2.26 bits per heavy atom. The van der Waals surface area contributed by atoms with Crippen molar-refractivity contribution in [3.8, 4) is 5.75 Å². The Labute approximate surface area is 137 Å². The topological polar surface area (TPSA) is 56.6 Å². The second-order valence-electron chi connectivity index (χ2n) is 6.26. The third-order valence-electron chi connectivity index (χ3n) is 4.98. The first-order valence-corrected chi connectivity index (χ1v) is 8.26. The summed E-state index contributed by atoms with van der Waals surface area (Å²) in [6, 6.07) is 7.01. The number of likely N-dealkylation sites (tertiary alicyclic amines) is 1. The Bertz CT molecular complexity index is 701. The van der Waals surface area contributed by atoms with Crippen molar-refractivity contribution < 1.29 is 10.2 Å². The molecule has 0 spiro atoms. The van der Waals surface area contributed by atoms with Crippen LogP contribution in [0.2, 0.25) is 0 Å². The summed E-state index contributed by atoms with van der Waals surface area (Å²) < 4.78 is 0. The minimum Gasteiger partial charge on any atom is -0.508 e. The summed E-state index contributed by atoms with van der Waals surface area (Å²) in [5.41, 5.74) is 1.62. The number of likely N-dealkylation sites (N-methyl/N-ethyl adjacent to an activating group) is 1. The number of phenolic OH excluding ortho intramolecular Hbond substituents is 1. The molecule has 0 radical (unpaired) electrons. The molecule has 0 amide bonds. The SMILES string of the molecule is C=CC1CCN(CC)C([C@H](O)c2ccnc3ccc(O)cc23)C1. The van der Waals surface area contributed by atoms with Crippen LogP contribution in [-0.4, -0.2) is 39.2 Å². The normalized spacial score (nSPS) is 23.7. The summed E-state index contributed by atoms with van der Waals surface area (Å²) >= 11 is 0. The maximum Gasteiger partial charge on any atom is 0.116 e. The summed E-state index contributed by atoms with van der Waals surface area (Å²) in [7, 11) is 0. The van der Waals surface area contributed by atoms with Gasteiger partial charge in [-0.2, -0.15) is 0 Å². The zero-order valence-corrected chi connectivity index (χ0v) is 13.5. The molecule has 122 valence electrons. The molecule has 0 saturated carbocycles. The molecule has 2 aromatic rings. The second kappa shape index (κ2) is 6.69. The Kier molecular flexibility index (Phi) is 4.64. The highest BCUT2D eigenvalue weighted by atomic mass is 16.3. The van der Waals surface area contributed by atoms with Gasteiger partial charge < -0.3 is 10.2 Å². The first-order chi connectivity index (χ1) is 11.1. The van der Waals surface area contributed by atoms with Crippen LogP contribution < -0.4 is 0 Å². The molecule has 1 saturated heterocycles. The van der Waals surface area contributed by atoms with Crippen LogP contribution in [0.15, 0.2) is 43.1 Å². The molecule has 4 nitrogen and oxygen atoms in total. The number of allylic oxidation sites excluding steroid dienone is 1. The van der Waals surface area contributed by atoms with Gasteiger partial charge in [-0.05, 0) is 61.7 Å². The maximum atomic E-state index is 11.1. The highest BCUT2D eigenvalue weighted by Gasteiger charge is 2.32. The van der Waals surface area contributed by atoms with E-state index in [0.717, 1.165) is 42.4 Å². The van der Waals surface area contributed by atoms with Crippen LogP contribution in [0.3, 0.4) is 0 Å². The van der Waals surface area contributed by atoms with Gasteiger partial charge in [-0.1, -0.05) is 13.0 Å². The van der Waals surface area contributed by atoms with Crippen LogP contribution in [0.1, 0.15) is 31.4 Å². The summed E-state index contributed by atoms with van der Waals surface area (Å²) in [5.74, 6) is 0.637. The number of aliphatic hydroxyl groups excluding tert-OH is 1. The first-order valence-electron chi connectivity index (χ1n) is 8.26. The minimum atomic E-state index is -0.606. The van der Waals surface area contributed by atoms with Crippen molar-refractivity contribution in [3.05, 3.63) is 48.7 Å². The largest absolute Gasteiger partial charge is 0.508 e. The number of benzene rings is 1. The third-order valence-corrected chi connectivity index (χ3v) is 4.98. The average molecular weight is 312 g/mol. The lowest BCUT2D eigenvalue weighted by molar-refractivity contribution is 0.0182. The van der Waals surface area contributed by atoms with Gasteiger partial charge in [-0.3, -0.25) is 9.88 Å². The number of rotatable bonds is 4. The Morgan fingerprint density at radius 3 is 3.00 bits per heavy atom. The Hall–Kier alpha value is -1.91. The van der Waals surface area contributed by atoms with E-state index in [9.17, 15) is 10.2 Å². The molecule has 1 aliphatic rings. The summed E-state index contributed by atoms with van der Waals surface area (Å²) in [6.07, 6.45) is 5.12. The second-order valence-corrected chi connectivity index (χ2v) is 6.26. The lowest BCUT2D eigenvalue weighted by Crippen LogP contribution is -2.45. The van der Waals surface area contributed by atoms with Crippen LogP contribution in [-0.2, 0) is 0 Å². The monoisotopic (exact) mass is 312 g/mol. The standard InChI is InChI=1S/C19H24N2O2/c1-3-13-8-10-21(4-2)18(11-13)19(23)15-7-9-20-17-6-5-14(22)12-16(15)17/h3,5-7,9,12-13,18-19,22-23H,1,4,8,10-11H2,2H3/t13?,18?,19-/m1/s1. The number of pyridine rings is 1. The molecule has 2 unspecified atom stereocenters. The molecule has 1 aromatic heterocycles. The number of aliphatic hydroxyl groups is 1. The van der Waals surface area contributed by atoms with E-state index < -0.39 is 6.10 Å². The van der Waals surface area contributed by atoms with E-state index in [2.05, 4.69) is 23.4 Å². The van der Waals surface area contributed by atoms with Gasteiger partial charge in [-0.15, -0.1) is 6.58 Å². The molecule has 23 heavy (non-hydrogen) atoms. The molecular weight excluding hydrogens is 288 g/mol. The highest BCUT2D eigenvalue weighted by molar-refractivity contribution is 5.83. The number of aromatic nitrogens is 1. The number of phenols is 1. The van der Waals surface area contributed by atoms with Crippen molar-refractivity contribution in [3.63, 3.8) is 0 Å². The quantitative estimate of drug-likeness (QED) is 0.851. The van der Waals surface area contributed by atoms with E-state index in [1.54, 1.807) is 24.4 Å². The van der Waals surface area contributed by atoms with Gasteiger partial charge in [0.15, 0.2) is 0 Å². The number of piperidine rings is 1. The fourth-order valence-corrected chi connectivity index (χ4v) is 3.63. The van der Waals surface area contributed by atoms with E-state index in [1.165, 1.54) is 0 Å². The molecule has 2 heterocycles. The smallest absolute Gasteiger partial charge is 0.116 e. The van der Waals surface area contributed by atoms with Crippen LogP contribution in [0.4, 0.5) is 0 Å². The molecule has 4 heteroatoms. The molecule has 1 fully saturated rings. The minimum absolute atomic E-state index is 0.0599. The van der Waals surface area contributed by atoms with Gasteiger partial charge in [0.2, 0.25) is 0 Å². The zero-order valence-electron chi connectivity index (χ0n) is 13.5. The summed E-state index contributed by atoms with van der Waals surface area (Å²) in [5, 5.41) is 21.7. The summed E-state index contributed by atoms with van der Waals surface area (Å²) in [4.78, 5) is 6.66. The van der Waals surface area contributed by atoms with Crippen LogP contribution in [0, 0.1) is 5.92 Å². The van der Waals surface area contributed by atoms with Gasteiger partial charge in [0.05, 0.1) is 11.6 Å². The van der Waals surface area contributed by atoms with Crippen LogP contribution >= 0.6 is 0 Å². The van der Waals surface area contributed by atoms with Gasteiger partial charge in [0.1, 0.15) is 5.75 Å². The van der Waals surface area contributed by atoms with Crippen molar-refractivity contribution in [1.82, 2.24) is 9.88 Å². The van der Waals surface area contributed by atoms with E-state index in [-0.39, 0.29) is 11.8 Å². The lowest BCUT2D eigenvalue weighted by atomic mass is 9.85. The number of hydrogen-bond acceptors (Lipinski definition) is 4. The molecule has 1 aliphatic heterocycles. The molecule has 0 bridgehead atoms. The highest BCUT2D eigenvalue weighted by Crippen LogP contribution is 2.35. The van der Waals surface area contributed by atoms with Crippen molar-refractivity contribution in [2.75, 3.05) is 13.1 Å². The van der Waals surface area contributed by atoms with Crippen molar-refractivity contribution in [1.29, 1.82) is 0 Å². The Balaban J connectivity index is 1.99. The maximum absolute atomic E-state index is 11.1. The molecule has 1 aromatic carbocycles. The van der Waals surface area contributed by atoms with E-state index in [1.807, 2.05) is 12.1 Å². The lowest BCUT2D eigenvalue weighted by Gasteiger charge is -2.40. The molecule has 2 N–H and O–H groups in total. The van der Waals surface area contributed by atoms with Gasteiger partial charge in [0.25, 0.3) is 0 Å². The molecular formula is C19H24N2O2. The van der Waals surface area contributed by atoms with Crippen molar-refractivity contribution >= 4 is 10.9 Å². The predicted molar refractivity (Wildman–Crippen MR) is 92.3 cm³/mol. The van der Waals surface area contributed by atoms with E-state index in [0.29, 0.717) is 5.92 Å².